The number of rotatable bonds is 4. The molecule has 8 aromatic carbocycles. The first-order valence-electron chi connectivity index (χ1n) is 21.2. The van der Waals surface area contributed by atoms with Crippen LogP contribution in [0.1, 0.15) is 16.9 Å². The molecule has 0 N–H and O–H groups in total. The van der Waals surface area contributed by atoms with Crippen molar-refractivity contribution in [3.63, 3.8) is 0 Å². The van der Waals surface area contributed by atoms with Crippen LogP contribution in [0.15, 0.2) is 176 Å². The SMILES string of the molecule is C1=Cc2c(sc3c4ccccc4c4c5ccccc5n(-c5ccc(-c6nc(-c7ccc8c(c7)c7ccccc7n8-c7ccccc7)nc7c6sc6ccccc67)cc5)c4c23)CC1. The van der Waals surface area contributed by atoms with Crippen molar-refractivity contribution in [1.82, 2.24) is 19.1 Å². The highest BCUT2D eigenvalue weighted by molar-refractivity contribution is 7.26. The number of hydrogen-bond donors (Lipinski definition) is 0. The molecule has 0 saturated carbocycles. The molecule has 0 saturated heterocycles. The summed E-state index contributed by atoms with van der Waals surface area (Å²) >= 11 is 3.76. The Bertz CT molecular complexity index is 4030. The van der Waals surface area contributed by atoms with E-state index in [1.807, 2.05) is 11.3 Å². The van der Waals surface area contributed by atoms with Gasteiger partial charge < -0.3 is 9.13 Å². The number of allylic oxidation sites excluding steroid dienone is 1. The molecule has 0 fully saturated rings. The van der Waals surface area contributed by atoms with Crippen LogP contribution in [0.4, 0.5) is 0 Å². The van der Waals surface area contributed by atoms with Crippen LogP contribution in [0.25, 0.3) is 125 Å². The number of fused-ring (bicyclic) bond motifs is 16. The minimum Gasteiger partial charge on any atom is -0.309 e. The van der Waals surface area contributed by atoms with E-state index >= 15 is 0 Å². The highest BCUT2D eigenvalue weighted by Crippen LogP contribution is 2.49. The standard InChI is InChI=1S/C56H34N4S2/c1-2-14-35(15-3-1)59-44-22-10-6-16-37(44)43-32-34(28-31-46(43)59)56-57-51(55-52(58-56)42-21-9-13-25-48(42)62-55)33-26-29-36(30-27-33)60-45-23-11-7-19-40(45)49-38-17-4-5-18-39(38)54-50(53(49)60)41-20-8-12-24-47(41)61-54/h1-11,13-23,25-32H,12,24H2. The highest BCUT2D eigenvalue weighted by atomic mass is 32.1. The van der Waals surface area contributed by atoms with E-state index in [9.17, 15) is 0 Å². The topological polar surface area (TPSA) is 35.6 Å². The molecule has 0 bridgehead atoms. The van der Waals surface area contributed by atoms with Gasteiger partial charge in [-0.1, -0.05) is 121 Å². The second-order valence-electron chi connectivity index (χ2n) is 16.3. The van der Waals surface area contributed by atoms with Gasteiger partial charge >= 0.3 is 0 Å². The van der Waals surface area contributed by atoms with E-state index in [0.717, 1.165) is 68.0 Å². The van der Waals surface area contributed by atoms with Crippen molar-refractivity contribution < 1.29 is 0 Å². The van der Waals surface area contributed by atoms with Crippen LogP contribution >= 0.6 is 22.7 Å². The Balaban J connectivity index is 0.986. The van der Waals surface area contributed by atoms with Crippen molar-refractivity contribution in [3.8, 4) is 34.0 Å². The van der Waals surface area contributed by atoms with Gasteiger partial charge in [-0.2, -0.15) is 0 Å². The minimum absolute atomic E-state index is 0.727. The Morgan fingerprint density at radius 2 is 1.13 bits per heavy atom. The summed E-state index contributed by atoms with van der Waals surface area (Å²) in [5, 5.41) is 10.2. The lowest BCUT2D eigenvalue weighted by Gasteiger charge is -2.13. The average Bonchev–Trinajstić information content (AvgIpc) is 4.10. The van der Waals surface area contributed by atoms with Gasteiger partial charge in [-0.05, 0) is 84.5 Å². The fourth-order valence-corrected chi connectivity index (χ4v) is 12.8. The van der Waals surface area contributed by atoms with E-state index in [1.165, 1.54) is 74.1 Å². The zero-order valence-corrected chi connectivity index (χ0v) is 35.0. The predicted octanol–water partition coefficient (Wildman–Crippen LogP) is 15.7. The molecule has 62 heavy (non-hydrogen) atoms. The summed E-state index contributed by atoms with van der Waals surface area (Å²) in [6.07, 6.45) is 6.91. The minimum atomic E-state index is 0.727. The number of nitrogens with zero attached hydrogens (tertiary/aromatic N) is 4. The highest BCUT2D eigenvalue weighted by Gasteiger charge is 2.25. The first-order chi connectivity index (χ1) is 30.8. The molecule has 0 spiro atoms. The van der Waals surface area contributed by atoms with Crippen molar-refractivity contribution in [2.75, 3.05) is 0 Å². The lowest BCUT2D eigenvalue weighted by atomic mass is 9.96. The van der Waals surface area contributed by atoms with Gasteiger partial charge in [0.2, 0.25) is 0 Å². The summed E-state index contributed by atoms with van der Waals surface area (Å²) in [5.74, 6) is 0.727. The lowest BCUT2D eigenvalue weighted by Crippen LogP contribution is -1.97. The van der Waals surface area contributed by atoms with E-state index in [2.05, 4.69) is 191 Å². The molecule has 0 amide bonds. The lowest BCUT2D eigenvalue weighted by molar-refractivity contribution is 1.02. The monoisotopic (exact) mass is 826 g/mol. The molecule has 0 radical (unpaired) electrons. The third kappa shape index (κ3) is 4.82. The van der Waals surface area contributed by atoms with Gasteiger partial charge in [0.05, 0.1) is 38.0 Å². The molecule has 6 heteroatoms. The molecule has 4 nitrogen and oxygen atoms in total. The molecule has 5 aromatic heterocycles. The number of thiophene rings is 2. The summed E-state index contributed by atoms with van der Waals surface area (Å²) < 4.78 is 8.56. The van der Waals surface area contributed by atoms with Gasteiger partial charge in [-0.3, -0.25) is 0 Å². The second-order valence-corrected chi connectivity index (χ2v) is 18.5. The van der Waals surface area contributed by atoms with Crippen molar-refractivity contribution in [1.29, 1.82) is 0 Å². The zero-order chi connectivity index (χ0) is 40.5. The first kappa shape index (κ1) is 34.3. The Hall–Kier alpha value is -7.38. The van der Waals surface area contributed by atoms with Crippen LogP contribution in [0.2, 0.25) is 0 Å². The van der Waals surface area contributed by atoms with E-state index in [1.54, 1.807) is 11.3 Å². The zero-order valence-electron chi connectivity index (χ0n) is 33.3. The molecule has 1 aliphatic carbocycles. The third-order valence-corrected chi connectivity index (χ3v) is 15.4. The van der Waals surface area contributed by atoms with E-state index < -0.39 is 0 Å². The second kappa shape index (κ2) is 13.1. The summed E-state index contributed by atoms with van der Waals surface area (Å²) in [4.78, 5) is 12.3. The molecule has 1 aliphatic rings. The molecular weight excluding hydrogens is 793 g/mol. The largest absolute Gasteiger partial charge is 0.309 e. The van der Waals surface area contributed by atoms with E-state index in [4.69, 9.17) is 9.97 Å². The van der Waals surface area contributed by atoms with Crippen molar-refractivity contribution in [2.24, 2.45) is 0 Å². The molecule has 0 unspecified atom stereocenters. The van der Waals surface area contributed by atoms with Crippen LogP contribution in [0.5, 0.6) is 0 Å². The Kier molecular flexibility index (Phi) is 7.23. The number of aromatic nitrogens is 4. The van der Waals surface area contributed by atoms with Crippen LogP contribution in [-0.2, 0) is 6.42 Å². The number of aryl methyl sites for hydroxylation is 1. The molecule has 14 rings (SSSR count). The van der Waals surface area contributed by atoms with Gasteiger partial charge in [-0.15, -0.1) is 22.7 Å². The summed E-state index contributed by atoms with van der Waals surface area (Å²) in [7, 11) is 0. The average molecular weight is 827 g/mol. The fraction of sp³-hybridized carbons (Fsp3) is 0.0357. The number of para-hydroxylation sites is 3. The Labute approximate surface area is 363 Å². The van der Waals surface area contributed by atoms with Gasteiger partial charge in [0.1, 0.15) is 0 Å². The molecule has 13 aromatic rings. The molecule has 5 heterocycles. The third-order valence-electron chi connectivity index (χ3n) is 13.0. The number of hydrogen-bond acceptors (Lipinski definition) is 4. The Morgan fingerprint density at radius 3 is 1.97 bits per heavy atom. The van der Waals surface area contributed by atoms with Crippen LogP contribution in [0, 0.1) is 0 Å². The summed E-state index contributed by atoms with van der Waals surface area (Å²) in [6, 6.07) is 61.7. The molecule has 0 atom stereocenters. The summed E-state index contributed by atoms with van der Waals surface area (Å²) in [5.41, 5.74) is 12.5. The van der Waals surface area contributed by atoms with Gasteiger partial charge in [0.15, 0.2) is 5.82 Å². The van der Waals surface area contributed by atoms with Crippen molar-refractivity contribution >= 4 is 114 Å². The van der Waals surface area contributed by atoms with Crippen LogP contribution < -0.4 is 0 Å². The molecule has 0 aliphatic heterocycles. The van der Waals surface area contributed by atoms with Crippen molar-refractivity contribution in [2.45, 2.75) is 12.8 Å². The maximum Gasteiger partial charge on any atom is 0.160 e. The van der Waals surface area contributed by atoms with Crippen LogP contribution in [0.3, 0.4) is 0 Å². The quantitative estimate of drug-likeness (QED) is 0.177. The maximum absolute atomic E-state index is 5.48. The van der Waals surface area contributed by atoms with E-state index in [0.29, 0.717) is 0 Å². The predicted molar refractivity (Wildman–Crippen MR) is 265 cm³/mol. The van der Waals surface area contributed by atoms with Gasteiger partial charge in [-0.25, -0.2) is 9.97 Å². The normalized spacial score (nSPS) is 13.0. The molecule has 290 valence electrons. The maximum atomic E-state index is 5.48. The van der Waals surface area contributed by atoms with Gasteiger partial charge in [0.25, 0.3) is 0 Å². The first-order valence-corrected chi connectivity index (χ1v) is 22.8. The Morgan fingerprint density at radius 1 is 0.468 bits per heavy atom. The van der Waals surface area contributed by atoms with Crippen molar-refractivity contribution in [3.05, 3.63) is 186 Å². The van der Waals surface area contributed by atoms with E-state index in [-0.39, 0.29) is 0 Å². The van der Waals surface area contributed by atoms with Crippen LogP contribution in [-0.4, -0.2) is 19.1 Å². The van der Waals surface area contributed by atoms with Gasteiger partial charge in [0, 0.05) is 74.5 Å². The molecular formula is C56H34N4S2. The number of benzene rings is 8. The smallest absolute Gasteiger partial charge is 0.160 e. The fourth-order valence-electron chi connectivity index (χ4n) is 10.3. The summed E-state index contributed by atoms with van der Waals surface area (Å²) in [6.45, 7) is 0.